The third-order valence-corrected chi connectivity index (χ3v) is 7.06. The number of carboxylic acid groups (broad SMARTS) is 2. The number of anilines is 2. The molecule has 0 aromatic heterocycles. The molecule has 4 rings (SSSR count). The molecule has 4 N–H and O–H groups in total. The first-order valence-corrected chi connectivity index (χ1v) is 14.1. The second-order valence-corrected chi connectivity index (χ2v) is 10.5. The van der Waals surface area contributed by atoms with Crippen LogP contribution in [0.3, 0.4) is 0 Å². The molecule has 0 aliphatic rings. The maximum absolute atomic E-state index is 13.8. The molecule has 0 atom stereocenters. The number of benzene rings is 4. The van der Waals surface area contributed by atoms with Gasteiger partial charge >= 0.3 is 24.3 Å². The van der Waals surface area contributed by atoms with Gasteiger partial charge in [-0.05, 0) is 24.3 Å². The van der Waals surface area contributed by atoms with E-state index in [0.29, 0.717) is 12.1 Å². The number of nitrogens with zero attached hydrogens (tertiary/aromatic N) is 2. The molecule has 0 bridgehead atoms. The molecule has 26 heteroatoms. The van der Waals surface area contributed by atoms with Crippen molar-refractivity contribution in [2.24, 2.45) is 0 Å². The highest BCUT2D eigenvalue weighted by molar-refractivity contribution is 5.94. The van der Waals surface area contributed by atoms with E-state index in [9.17, 15) is 91.3 Å². The van der Waals surface area contributed by atoms with E-state index in [2.05, 4.69) is 10.6 Å². The van der Waals surface area contributed by atoms with Crippen LogP contribution < -0.4 is 10.6 Å². The van der Waals surface area contributed by atoms with E-state index in [-0.39, 0.29) is 11.4 Å². The van der Waals surface area contributed by atoms with Gasteiger partial charge in [0.05, 0.1) is 9.85 Å². The Hall–Kier alpha value is -6.76. The number of hydrogen-bond acceptors (Lipinski definition) is 8. The van der Waals surface area contributed by atoms with Gasteiger partial charge in [-0.25, -0.2) is 44.7 Å². The van der Waals surface area contributed by atoms with Gasteiger partial charge in [0.15, 0.2) is 46.5 Å². The topological polar surface area (TPSA) is 185 Å². The zero-order valence-electron chi connectivity index (χ0n) is 26.4. The predicted molar refractivity (Wildman–Crippen MR) is 157 cm³/mol. The molecule has 4 aromatic rings. The molecule has 12 nitrogen and oxygen atoms in total. The summed E-state index contributed by atoms with van der Waals surface area (Å²) in [6.45, 7) is -2.17. The van der Waals surface area contributed by atoms with E-state index in [0.717, 1.165) is 24.3 Å². The second kappa shape index (κ2) is 16.3. The minimum atomic E-state index is -5.68. The smallest absolute Gasteiger partial charge is 0.422 e. The molecule has 0 saturated heterocycles. The van der Waals surface area contributed by atoms with Crippen LogP contribution in [0.4, 0.5) is 84.2 Å². The predicted octanol–water partition coefficient (Wildman–Crippen LogP) is 8.96. The van der Waals surface area contributed by atoms with Gasteiger partial charge < -0.3 is 20.8 Å². The van der Waals surface area contributed by atoms with Crippen molar-refractivity contribution in [1.82, 2.24) is 0 Å². The first-order chi connectivity index (χ1) is 25.7. The largest absolute Gasteiger partial charge is 0.477 e. The summed E-state index contributed by atoms with van der Waals surface area (Å²) in [6, 6.07) is 4.74. The van der Waals surface area contributed by atoms with E-state index in [1.54, 1.807) is 0 Å². The lowest BCUT2D eigenvalue weighted by Gasteiger charge is -2.15. The number of nitrogens with one attached hydrogen (secondary N) is 2. The van der Waals surface area contributed by atoms with E-state index in [1.165, 1.54) is 0 Å². The average molecular weight is 824 g/mol. The van der Waals surface area contributed by atoms with Crippen LogP contribution in [0.2, 0.25) is 0 Å². The van der Waals surface area contributed by atoms with Crippen LogP contribution in [0.1, 0.15) is 43.0 Å². The summed E-state index contributed by atoms with van der Waals surface area (Å²) < 4.78 is 185. The van der Waals surface area contributed by atoms with Gasteiger partial charge in [0, 0.05) is 47.7 Å². The van der Waals surface area contributed by atoms with E-state index in [4.69, 9.17) is 10.2 Å². The molecule has 0 saturated carbocycles. The molecule has 0 amide bonds. The number of hydrogen-bond donors (Lipinski definition) is 4. The molecule has 300 valence electrons. The monoisotopic (exact) mass is 824 g/mol. The summed E-state index contributed by atoms with van der Waals surface area (Å²) in [6.07, 6.45) is -11.4. The average Bonchev–Trinajstić information content (AvgIpc) is 3.08. The maximum atomic E-state index is 13.8. The molecular weight excluding hydrogens is 810 g/mol. The minimum Gasteiger partial charge on any atom is -0.477 e. The number of halogens is 14. The number of nitro benzene ring substituents is 2. The zero-order chi connectivity index (χ0) is 42.8. The summed E-state index contributed by atoms with van der Waals surface area (Å²) >= 11 is 0. The van der Waals surface area contributed by atoms with Crippen LogP contribution in [-0.2, 0) is 25.4 Å². The van der Waals surface area contributed by atoms with Crippen molar-refractivity contribution in [3.63, 3.8) is 0 Å². The quantitative estimate of drug-likeness (QED) is 0.0521. The fourth-order valence-electron chi connectivity index (χ4n) is 4.50. The van der Waals surface area contributed by atoms with Crippen LogP contribution in [0.25, 0.3) is 0 Å². The van der Waals surface area contributed by atoms with Crippen molar-refractivity contribution < 1.29 is 91.1 Å². The lowest BCUT2D eigenvalue weighted by atomic mass is 10.1. The van der Waals surface area contributed by atoms with Crippen molar-refractivity contribution in [3.8, 4) is 0 Å². The van der Waals surface area contributed by atoms with Gasteiger partial charge in [0.25, 0.3) is 11.4 Å². The van der Waals surface area contributed by atoms with E-state index < -0.39 is 139 Å². The van der Waals surface area contributed by atoms with Crippen LogP contribution in [0.15, 0.2) is 36.4 Å². The lowest BCUT2D eigenvalue weighted by Crippen LogP contribution is -2.18. The van der Waals surface area contributed by atoms with Gasteiger partial charge in [-0.2, -0.15) is 26.3 Å². The zero-order valence-corrected chi connectivity index (χ0v) is 26.4. The maximum Gasteiger partial charge on any atom is 0.422 e. The Kier molecular flexibility index (Phi) is 12.7. The Morgan fingerprint density at radius 1 is 0.536 bits per heavy atom. The molecule has 0 aliphatic carbocycles. The fourth-order valence-corrected chi connectivity index (χ4v) is 4.50. The summed E-state index contributed by atoms with van der Waals surface area (Å²) in [5.74, 6) is -23.2. The molecular formula is C30H14F14N4O8. The molecule has 0 aliphatic heterocycles. The van der Waals surface area contributed by atoms with Gasteiger partial charge in [0.2, 0.25) is 0 Å². The van der Waals surface area contributed by atoms with E-state index >= 15 is 0 Å². The van der Waals surface area contributed by atoms with Crippen LogP contribution in [0.5, 0.6) is 0 Å². The Morgan fingerprint density at radius 3 is 1.02 bits per heavy atom. The Labute approximate surface area is 298 Å². The third-order valence-electron chi connectivity index (χ3n) is 7.06. The summed E-state index contributed by atoms with van der Waals surface area (Å²) in [5, 5.41) is 43.6. The van der Waals surface area contributed by atoms with Gasteiger partial charge in [-0.15, -0.1) is 0 Å². The number of carboxylic acids is 2. The normalized spacial score (nSPS) is 11.4. The molecule has 4 aromatic carbocycles. The highest BCUT2D eigenvalue weighted by Crippen LogP contribution is 2.38. The Bertz CT molecular complexity index is 2050. The molecule has 0 spiro atoms. The highest BCUT2D eigenvalue weighted by Gasteiger charge is 2.43. The SMILES string of the molecule is O=C(O)c1cc(NCc2c(F)c(F)c(C(F)(F)F)c(F)c2F)ccc1[N+](=O)[O-].O=C(O)c1cc(NCc2c(F)c(F)c(C(F)(F)F)c(F)c2F)ccc1[N+](=O)[O-]. The minimum absolute atomic E-state index is 0.262. The van der Waals surface area contributed by atoms with Gasteiger partial charge in [-0.1, -0.05) is 0 Å². The number of nitro groups is 2. The van der Waals surface area contributed by atoms with Crippen molar-refractivity contribution in [2.45, 2.75) is 25.4 Å². The summed E-state index contributed by atoms with van der Waals surface area (Å²) in [4.78, 5) is 41.5. The third kappa shape index (κ3) is 9.12. The second-order valence-electron chi connectivity index (χ2n) is 10.5. The number of carbonyl (C=O) groups is 2. The lowest BCUT2D eigenvalue weighted by molar-refractivity contribution is -0.385. The number of aromatic carboxylic acids is 2. The van der Waals surface area contributed by atoms with Gasteiger partial charge in [0.1, 0.15) is 22.3 Å². The number of alkyl halides is 6. The van der Waals surface area contributed by atoms with Crippen LogP contribution >= 0.6 is 0 Å². The first kappa shape index (κ1) is 43.6. The van der Waals surface area contributed by atoms with Crippen molar-refractivity contribution in [1.29, 1.82) is 0 Å². The van der Waals surface area contributed by atoms with Crippen LogP contribution in [-0.4, -0.2) is 32.0 Å². The van der Waals surface area contributed by atoms with Crippen molar-refractivity contribution in [2.75, 3.05) is 10.6 Å². The molecule has 0 fully saturated rings. The standard InChI is InChI=1S/2C15H7F7N2O4/c2*16-10-7(11(17)13(19)9(12(10)18)15(20,21)22)4-23-5-1-2-8(24(27)28)6(3-5)14(25)26/h2*1-3,23H,4H2,(H,25,26). The summed E-state index contributed by atoms with van der Waals surface area (Å²) in [7, 11) is 0. The Balaban J connectivity index is 0.000000300. The fraction of sp³-hybridized carbons (Fsp3) is 0.133. The molecule has 56 heavy (non-hydrogen) atoms. The van der Waals surface area contributed by atoms with Crippen molar-refractivity contribution >= 4 is 34.7 Å². The Morgan fingerprint density at radius 2 is 0.804 bits per heavy atom. The summed E-state index contributed by atoms with van der Waals surface area (Å²) in [5.41, 5.74) is -12.0. The number of rotatable bonds is 10. The van der Waals surface area contributed by atoms with Crippen LogP contribution in [0, 0.1) is 66.8 Å². The van der Waals surface area contributed by atoms with Crippen molar-refractivity contribution in [3.05, 3.63) is 137 Å². The molecule has 0 heterocycles. The van der Waals surface area contributed by atoms with Gasteiger partial charge in [-0.3, -0.25) is 20.2 Å². The first-order valence-electron chi connectivity index (χ1n) is 14.1. The molecule has 0 radical (unpaired) electrons. The van der Waals surface area contributed by atoms with E-state index in [1.807, 2.05) is 0 Å². The molecule has 0 unspecified atom stereocenters. The highest BCUT2D eigenvalue weighted by atomic mass is 19.4.